The van der Waals surface area contributed by atoms with Crippen LogP contribution < -0.4 is 5.32 Å². The molecule has 2 rings (SSSR count). The van der Waals surface area contributed by atoms with Gasteiger partial charge in [0.15, 0.2) is 0 Å². The molecule has 0 aliphatic carbocycles. The van der Waals surface area contributed by atoms with E-state index in [9.17, 15) is 4.79 Å². The Morgan fingerprint density at radius 2 is 1.83 bits per heavy atom. The third-order valence-corrected chi connectivity index (χ3v) is 4.06. The third-order valence-electron chi connectivity index (χ3n) is 4.06. The van der Waals surface area contributed by atoms with Crippen LogP contribution in [0.2, 0.25) is 0 Å². The summed E-state index contributed by atoms with van der Waals surface area (Å²) in [6, 6.07) is 12.6. The van der Waals surface area contributed by atoms with Crippen molar-refractivity contribution in [2.24, 2.45) is 0 Å². The highest BCUT2D eigenvalue weighted by atomic mass is 16.2. The zero-order valence-corrected chi connectivity index (χ0v) is 14.3. The average molecular weight is 311 g/mol. The van der Waals surface area contributed by atoms with E-state index in [-0.39, 0.29) is 11.9 Å². The second kappa shape index (κ2) is 7.88. The summed E-state index contributed by atoms with van der Waals surface area (Å²) in [6.07, 6.45) is 3.62. The number of likely N-dealkylation sites (N-methyl/N-ethyl adjacent to an activating group) is 1. The van der Waals surface area contributed by atoms with Crippen LogP contribution in [0.15, 0.2) is 48.8 Å². The molecule has 1 unspecified atom stereocenters. The number of rotatable bonds is 6. The first kappa shape index (κ1) is 17.2. The minimum absolute atomic E-state index is 0.00832. The van der Waals surface area contributed by atoms with E-state index in [1.165, 1.54) is 0 Å². The Bertz CT molecular complexity index is 623. The van der Waals surface area contributed by atoms with Crippen LogP contribution in [0.5, 0.6) is 0 Å². The molecule has 0 aliphatic rings. The fourth-order valence-electron chi connectivity index (χ4n) is 2.28. The molecule has 4 nitrogen and oxygen atoms in total. The Labute approximate surface area is 138 Å². The molecule has 0 aliphatic heterocycles. The second-order valence-corrected chi connectivity index (χ2v) is 6.16. The van der Waals surface area contributed by atoms with Gasteiger partial charge in [0.1, 0.15) is 0 Å². The van der Waals surface area contributed by atoms with E-state index in [1.54, 1.807) is 6.20 Å². The van der Waals surface area contributed by atoms with Gasteiger partial charge >= 0.3 is 0 Å². The summed E-state index contributed by atoms with van der Waals surface area (Å²) in [5.41, 5.74) is 3.31. The van der Waals surface area contributed by atoms with Crippen LogP contribution in [-0.2, 0) is 4.79 Å². The normalized spacial score (nSPS) is 12.4. The molecule has 1 aromatic heterocycles. The molecule has 23 heavy (non-hydrogen) atoms. The lowest BCUT2D eigenvalue weighted by Gasteiger charge is -2.22. The number of hydrogen-bond donors (Lipinski definition) is 1. The Morgan fingerprint density at radius 1 is 1.13 bits per heavy atom. The summed E-state index contributed by atoms with van der Waals surface area (Å²) in [7, 11) is 1.96. The van der Waals surface area contributed by atoms with E-state index in [0.29, 0.717) is 12.6 Å². The number of pyridine rings is 1. The van der Waals surface area contributed by atoms with Crippen molar-refractivity contribution in [1.82, 2.24) is 15.2 Å². The van der Waals surface area contributed by atoms with Crippen LogP contribution in [0.3, 0.4) is 0 Å². The molecule has 0 saturated heterocycles. The standard InChI is InChI=1S/C19H25N3O/c1-14(2)22(4)13-19(23)21-15(3)16-7-9-17(10-8-16)18-6-5-11-20-12-18/h5-12,14-15H,13H2,1-4H3,(H,21,23). The highest BCUT2D eigenvalue weighted by Crippen LogP contribution is 2.21. The largest absolute Gasteiger partial charge is 0.348 e. The van der Waals surface area contributed by atoms with E-state index < -0.39 is 0 Å². The van der Waals surface area contributed by atoms with Crippen LogP contribution in [0.4, 0.5) is 0 Å². The molecule has 4 heteroatoms. The monoisotopic (exact) mass is 311 g/mol. The maximum Gasteiger partial charge on any atom is 0.234 e. The Kier molecular flexibility index (Phi) is 5.88. The van der Waals surface area contributed by atoms with Gasteiger partial charge in [-0.15, -0.1) is 0 Å². The van der Waals surface area contributed by atoms with E-state index >= 15 is 0 Å². The van der Waals surface area contributed by atoms with Gasteiger partial charge in [0, 0.05) is 18.4 Å². The van der Waals surface area contributed by atoms with E-state index in [1.807, 2.05) is 37.2 Å². The van der Waals surface area contributed by atoms with Gasteiger partial charge in [0.05, 0.1) is 12.6 Å². The predicted molar refractivity (Wildman–Crippen MR) is 94.0 cm³/mol. The predicted octanol–water partition coefficient (Wildman–Crippen LogP) is 3.27. The Morgan fingerprint density at radius 3 is 2.39 bits per heavy atom. The molecule has 2 aromatic rings. The molecule has 1 N–H and O–H groups in total. The first-order valence-electron chi connectivity index (χ1n) is 7.97. The molecule has 1 heterocycles. The highest BCUT2D eigenvalue weighted by Gasteiger charge is 2.13. The highest BCUT2D eigenvalue weighted by molar-refractivity contribution is 5.78. The first-order valence-corrected chi connectivity index (χ1v) is 7.97. The van der Waals surface area contributed by atoms with Gasteiger partial charge in [-0.25, -0.2) is 0 Å². The van der Waals surface area contributed by atoms with Crippen molar-refractivity contribution in [1.29, 1.82) is 0 Å². The van der Waals surface area contributed by atoms with Crippen molar-refractivity contribution in [3.05, 3.63) is 54.4 Å². The summed E-state index contributed by atoms with van der Waals surface area (Å²) >= 11 is 0. The van der Waals surface area contributed by atoms with Gasteiger partial charge < -0.3 is 5.32 Å². The molecule has 122 valence electrons. The zero-order chi connectivity index (χ0) is 16.8. The smallest absolute Gasteiger partial charge is 0.234 e. The summed E-state index contributed by atoms with van der Waals surface area (Å²) in [5.74, 6) is 0.0463. The number of benzene rings is 1. The number of nitrogens with zero attached hydrogens (tertiary/aromatic N) is 2. The van der Waals surface area contributed by atoms with Crippen molar-refractivity contribution in [2.45, 2.75) is 32.9 Å². The van der Waals surface area contributed by atoms with E-state index in [0.717, 1.165) is 16.7 Å². The summed E-state index contributed by atoms with van der Waals surface area (Å²) < 4.78 is 0. The number of nitrogens with one attached hydrogen (secondary N) is 1. The SMILES string of the molecule is CC(NC(=O)CN(C)C(C)C)c1ccc(-c2cccnc2)cc1. The molecule has 0 radical (unpaired) electrons. The third kappa shape index (κ3) is 4.89. The van der Waals surface area contributed by atoms with Crippen LogP contribution in [0.1, 0.15) is 32.4 Å². The van der Waals surface area contributed by atoms with Gasteiger partial charge in [0.2, 0.25) is 5.91 Å². The van der Waals surface area contributed by atoms with Crippen LogP contribution in [-0.4, -0.2) is 35.4 Å². The van der Waals surface area contributed by atoms with Crippen molar-refractivity contribution in [3.8, 4) is 11.1 Å². The number of amides is 1. The Balaban J connectivity index is 1.98. The summed E-state index contributed by atoms with van der Waals surface area (Å²) in [6.45, 7) is 6.57. The van der Waals surface area contributed by atoms with E-state index in [4.69, 9.17) is 0 Å². The van der Waals surface area contributed by atoms with Gasteiger partial charge in [-0.1, -0.05) is 30.3 Å². The molecule has 0 bridgehead atoms. The van der Waals surface area contributed by atoms with E-state index in [2.05, 4.69) is 48.4 Å². The van der Waals surface area contributed by atoms with Gasteiger partial charge in [-0.2, -0.15) is 0 Å². The maximum absolute atomic E-state index is 12.1. The lowest BCUT2D eigenvalue weighted by molar-refractivity contribution is -0.122. The molecule has 1 aromatic carbocycles. The molecule has 0 fully saturated rings. The first-order chi connectivity index (χ1) is 11.0. The Hall–Kier alpha value is -2.20. The second-order valence-electron chi connectivity index (χ2n) is 6.16. The minimum atomic E-state index is -0.00832. The quantitative estimate of drug-likeness (QED) is 0.890. The lowest BCUT2D eigenvalue weighted by Crippen LogP contribution is -2.39. The molecule has 0 spiro atoms. The van der Waals surface area contributed by atoms with Gasteiger partial charge in [0.25, 0.3) is 0 Å². The van der Waals surface area contributed by atoms with Crippen molar-refractivity contribution >= 4 is 5.91 Å². The number of hydrogen-bond acceptors (Lipinski definition) is 3. The van der Waals surface area contributed by atoms with Gasteiger partial charge in [-0.3, -0.25) is 14.7 Å². The van der Waals surface area contributed by atoms with Crippen molar-refractivity contribution in [3.63, 3.8) is 0 Å². The fourth-order valence-corrected chi connectivity index (χ4v) is 2.28. The average Bonchev–Trinajstić information content (AvgIpc) is 2.55. The van der Waals surface area contributed by atoms with Crippen molar-refractivity contribution < 1.29 is 4.79 Å². The zero-order valence-electron chi connectivity index (χ0n) is 14.3. The molecule has 0 saturated carbocycles. The summed E-state index contributed by atoms with van der Waals surface area (Å²) in [4.78, 5) is 18.2. The lowest BCUT2D eigenvalue weighted by atomic mass is 10.0. The topological polar surface area (TPSA) is 45.2 Å². The van der Waals surface area contributed by atoms with Crippen LogP contribution >= 0.6 is 0 Å². The number of aromatic nitrogens is 1. The van der Waals surface area contributed by atoms with Crippen LogP contribution in [0, 0.1) is 0 Å². The van der Waals surface area contributed by atoms with Crippen LogP contribution in [0.25, 0.3) is 11.1 Å². The maximum atomic E-state index is 12.1. The number of carbonyl (C=O) groups excluding carboxylic acids is 1. The summed E-state index contributed by atoms with van der Waals surface area (Å²) in [5, 5.41) is 3.05. The van der Waals surface area contributed by atoms with Gasteiger partial charge in [-0.05, 0) is 50.6 Å². The molecule has 1 amide bonds. The molecular weight excluding hydrogens is 286 g/mol. The molecular formula is C19H25N3O. The fraction of sp³-hybridized carbons (Fsp3) is 0.368. The molecule has 1 atom stereocenters. The van der Waals surface area contributed by atoms with Crippen molar-refractivity contribution in [2.75, 3.05) is 13.6 Å². The number of carbonyl (C=O) groups is 1. The minimum Gasteiger partial charge on any atom is -0.348 e.